The summed E-state index contributed by atoms with van der Waals surface area (Å²) in [6.07, 6.45) is 0. The standard InChI is InChI=1S/C15H15Br2NO2S/c1-20-7-6-18(10-12-3-2-8-21-12)15(19)13-5-4-11(16)9-14(13)17/h2-5,8-9H,6-7,10H2,1H3. The third kappa shape index (κ3) is 4.64. The zero-order valence-corrected chi connectivity index (χ0v) is 15.5. The summed E-state index contributed by atoms with van der Waals surface area (Å²) < 4.78 is 6.84. The van der Waals surface area contributed by atoms with Gasteiger partial charge in [0.15, 0.2) is 0 Å². The molecular weight excluding hydrogens is 418 g/mol. The zero-order chi connectivity index (χ0) is 15.2. The third-order valence-corrected chi connectivity index (χ3v) is 4.95. The van der Waals surface area contributed by atoms with E-state index in [1.54, 1.807) is 18.4 Å². The first kappa shape index (κ1) is 16.7. The van der Waals surface area contributed by atoms with E-state index < -0.39 is 0 Å². The molecule has 2 aromatic rings. The Morgan fingerprint density at radius 1 is 1.33 bits per heavy atom. The topological polar surface area (TPSA) is 29.5 Å². The van der Waals surface area contributed by atoms with Crippen LogP contribution < -0.4 is 0 Å². The SMILES string of the molecule is COCCN(Cc1cccs1)C(=O)c1ccc(Br)cc1Br. The quantitative estimate of drug-likeness (QED) is 0.669. The Morgan fingerprint density at radius 3 is 2.76 bits per heavy atom. The molecule has 0 aliphatic rings. The molecule has 3 nitrogen and oxygen atoms in total. The minimum Gasteiger partial charge on any atom is -0.383 e. The number of carbonyl (C=O) groups is 1. The van der Waals surface area contributed by atoms with Crippen LogP contribution in [0.5, 0.6) is 0 Å². The average Bonchev–Trinajstić information content (AvgIpc) is 2.95. The second-order valence-electron chi connectivity index (χ2n) is 4.42. The summed E-state index contributed by atoms with van der Waals surface area (Å²) in [6, 6.07) is 9.61. The fourth-order valence-corrected chi connectivity index (χ4v) is 3.81. The molecule has 1 amide bonds. The summed E-state index contributed by atoms with van der Waals surface area (Å²) in [5, 5.41) is 2.02. The van der Waals surface area contributed by atoms with E-state index in [4.69, 9.17) is 4.74 Å². The highest BCUT2D eigenvalue weighted by Crippen LogP contribution is 2.24. The Bertz CT molecular complexity index is 602. The van der Waals surface area contributed by atoms with Crippen molar-refractivity contribution in [2.45, 2.75) is 6.54 Å². The van der Waals surface area contributed by atoms with Crippen LogP contribution in [0.25, 0.3) is 0 Å². The van der Waals surface area contributed by atoms with Gasteiger partial charge in [-0.1, -0.05) is 22.0 Å². The molecule has 0 aliphatic carbocycles. The average molecular weight is 433 g/mol. The zero-order valence-electron chi connectivity index (χ0n) is 11.5. The van der Waals surface area contributed by atoms with Crippen LogP contribution in [-0.4, -0.2) is 31.1 Å². The Hall–Kier alpha value is -0.690. The molecule has 21 heavy (non-hydrogen) atoms. The van der Waals surface area contributed by atoms with Crippen molar-refractivity contribution in [1.29, 1.82) is 0 Å². The summed E-state index contributed by atoms with van der Waals surface area (Å²) >= 11 is 8.51. The van der Waals surface area contributed by atoms with Crippen molar-refractivity contribution >= 4 is 49.1 Å². The van der Waals surface area contributed by atoms with Crippen LogP contribution >= 0.6 is 43.2 Å². The molecule has 112 valence electrons. The van der Waals surface area contributed by atoms with Gasteiger partial charge in [0.25, 0.3) is 5.91 Å². The van der Waals surface area contributed by atoms with Gasteiger partial charge in [-0.15, -0.1) is 11.3 Å². The highest BCUT2D eigenvalue weighted by molar-refractivity contribution is 9.11. The predicted octanol–water partition coefficient (Wildman–Crippen LogP) is 4.56. The van der Waals surface area contributed by atoms with Crippen LogP contribution in [0.4, 0.5) is 0 Å². The van der Waals surface area contributed by atoms with Gasteiger partial charge in [0.1, 0.15) is 0 Å². The largest absolute Gasteiger partial charge is 0.383 e. The Kier molecular flexibility index (Phi) is 6.41. The number of thiophene rings is 1. The van der Waals surface area contributed by atoms with Crippen molar-refractivity contribution in [3.05, 3.63) is 55.1 Å². The van der Waals surface area contributed by atoms with E-state index in [9.17, 15) is 4.79 Å². The maximum absolute atomic E-state index is 12.7. The molecular formula is C15H15Br2NO2S. The number of hydrogen-bond donors (Lipinski definition) is 0. The van der Waals surface area contributed by atoms with E-state index in [2.05, 4.69) is 31.9 Å². The number of nitrogens with zero attached hydrogens (tertiary/aromatic N) is 1. The maximum Gasteiger partial charge on any atom is 0.255 e. The molecule has 0 spiro atoms. The Morgan fingerprint density at radius 2 is 2.14 bits per heavy atom. The molecule has 0 radical (unpaired) electrons. The second-order valence-corrected chi connectivity index (χ2v) is 7.23. The first-order valence-corrected chi connectivity index (χ1v) is 8.84. The maximum atomic E-state index is 12.7. The van der Waals surface area contributed by atoms with Crippen LogP contribution in [0.3, 0.4) is 0 Å². The van der Waals surface area contributed by atoms with Gasteiger partial charge < -0.3 is 9.64 Å². The first-order valence-electron chi connectivity index (χ1n) is 6.37. The number of benzene rings is 1. The van der Waals surface area contributed by atoms with Gasteiger partial charge in [-0.3, -0.25) is 4.79 Å². The lowest BCUT2D eigenvalue weighted by molar-refractivity contribution is 0.0681. The van der Waals surface area contributed by atoms with E-state index in [1.807, 2.05) is 40.6 Å². The minimum absolute atomic E-state index is 0.000162. The lowest BCUT2D eigenvalue weighted by Crippen LogP contribution is -2.33. The van der Waals surface area contributed by atoms with E-state index in [-0.39, 0.29) is 5.91 Å². The summed E-state index contributed by atoms with van der Waals surface area (Å²) in [4.78, 5) is 15.7. The minimum atomic E-state index is -0.000162. The molecule has 1 aromatic carbocycles. The molecule has 2 rings (SSSR count). The Labute approximate surface area is 145 Å². The molecule has 1 aromatic heterocycles. The van der Waals surface area contributed by atoms with Gasteiger partial charge in [-0.2, -0.15) is 0 Å². The summed E-state index contributed by atoms with van der Waals surface area (Å²) in [6.45, 7) is 1.68. The smallest absolute Gasteiger partial charge is 0.255 e. The second kappa shape index (κ2) is 8.08. The van der Waals surface area contributed by atoms with Gasteiger partial charge in [0.05, 0.1) is 18.7 Å². The number of halogens is 2. The highest BCUT2D eigenvalue weighted by atomic mass is 79.9. The lowest BCUT2D eigenvalue weighted by atomic mass is 10.2. The first-order chi connectivity index (χ1) is 10.1. The Balaban J connectivity index is 2.20. The molecule has 0 N–H and O–H groups in total. The van der Waals surface area contributed by atoms with Crippen molar-refractivity contribution in [2.75, 3.05) is 20.3 Å². The van der Waals surface area contributed by atoms with Gasteiger partial charge in [-0.05, 0) is 45.6 Å². The van der Waals surface area contributed by atoms with Gasteiger partial charge in [0.2, 0.25) is 0 Å². The monoisotopic (exact) mass is 431 g/mol. The van der Waals surface area contributed by atoms with Gasteiger partial charge in [-0.25, -0.2) is 0 Å². The van der Waals surface area contributed by atoms with Gasteiger partial charge >= 0.3 is 0 Å². The molecule has 0 aliphatic heterocycles. The van der Waals surface area contributed by atoms with E-state index in [1.165, 1.54) is 0 Å². The molecule has 0 bridgehead atoms. The van der Waals surface area contributed by atoms with Crippen LogP contribution in [0, 0.1) is 0 Å². The summed E-state index contributed by atoms with van der Waals surface area (Å²) in [5.74, 6) is -0.000162. The van der Waals surface area contributed by atoms with Crippen molar-refractivity contribution < 1.29 is 9.53 Å². The number of rotatable bonds is 6. The number of amides is 1. The van der Waals surface area contributed by atoms with Crippen LogP contribution in [0.15, 0.2) is 44.7 Å². The molecule has 1 heterocycles. The van der Waals surface area contributed by atoms with E-state index >= 15 is 0 Å². The predicted molar refractivity (Wildman–Crippen MR) is 92.8 cm³/mol. The molecule has 0 fully saturated rings. The highest BCUT2D eigenvalue weighted by Gasteiger charge is 2.19. The van der Waals surface area contributed by atoms with Crippen molar-refractivity contribution in [1.82, 2.24) is 4.90 Å². The number of methoxy groups -OCH3 is 1. The van der Waals surface area contributed by atoms with Gasteiger partial charge in [0, 0.05) is 27.5 Å². The van der Waals surface area contributed by atoms with Crippen molar-refractivity contribution in [3.63, 3.8) is 0 Å². The molecule has 0 unspecified atom stereocenters. The van der Waals surface area contributed by atoms with E-state index in [0.29, 0.717) is 25.3 Å². The third-order valence-electron chi connectivity index (χ3n) is 2.94. The number of hydrogen-bond acceptors (Lipinski definition) is 3. The molecule has 0 saturated carbocycles. The van der Waals surface area contributed by atoms with Crippen molar-refractivity contribution in [2.24, 2.45) is 0 Å². The van der Waals surface area contributed by atoms with E-state index in [0.717, 1.165) is 13.8 Å². The van der Waals surface area contributed by atoms with Crippen LogP contribution in [-0.2, 0) is 11.3 Å². The van der Waals surface area contributed by atoms with Crippen LogP contribution in [0.2, 0.25) is 0 Å². The van der Waals surface area contributed by atoms with Crippen LogP contribution in [0.1, 0.15) is 15.2 Å². The molecule has 0 atom stereocenters. The van der Waals surface area contributed by atoms with Crippen molar-refractivity contribution in [3.8, 4) is 0 Å². The lowest BCUT2D eigenvalue weighted by Gasteiger charge is -2.22. The normalized spacial score (nSPS) is 10.6. The number of ether oxygens (including phenoxy) is 1. The number of carbonyl (C=O) groups excluding carboxylic acids is 1. The summed E-state index contributed by atoms with van der Waals surface area (Å²) in [7, 11) is 1.64. The summed E-state index contributed by atoms with van der Waals surface area (Å²) in [5.41, 5.74) is 0.658. The fraction of sp³-hybridized carbons (Fsp3) is 0.267. The fourth-order valence-electron chi connectivity index (χ4n) is 1.88. The molecule has 6 heteroatoms. The molecule has 0 saturated heterocycles.